The molecular formula is C11H18N2O. The van der Waals surface area contributed by atoms with Crippen LogP contribution in [0.2, 0.25) is 0 Å². The number of anilines is 2. The zero-order chi connectivity index (χ0) is 10.6. The van der Waals surface area contributed by atoms with Crippen LogP contribution in [0.4, 0.5) is 11.4 Å². The van der Waals surface area contributed by atoms with Crippen molar-refractivity contribution in [1.82, 2.24) is 0 Å². The average Bonchev–Trinajstić information content (AvgIpc) is 2.21. The lowest BCUT2D eigenvalue weighted by molar-refractivity contribution is 0.219. The van der Waals surface area contributed by atoms with Gasteiger partial charge in [0.2, 0.25) is 0 Å². The van der Waals surface area contributed by atoms with Gasteiger partial charge in [0, 0.05) is 11.4 Å². The zero-order valence-corrected chi connectivity index (χ0v) is 8.75. The molecule has 78 valence electrons. The molecule has 0 aliphatic heterocycles. The Bertz CT molecular complexity index is 278. The molecule has 1 unspecified atom stereocenters. The summed E-state index contributed by atoms with van der Waals surface area (Å²) < 4.78 is 0. The third-order valence-electron chi connectivity index (χ3n) is 2.49. The fourth-order valence-corrected chi connectivity index (χ4v) is 1.15. The summed E-state index contributed by atoms with van der Waals surface area (Å²) in [5.74, 6) is 0. The quantitative estimate of drug-likeness (QED) is 0.641. The molecule has 0 saturated heterocycles. The Labute approximate surface area is 84.9 Å². The summed E-state index contributed by atoms with van der Waals surface area (Å²) in [4.78, 5) is 0. The lowest BCUT2D eigenvalue weighted by atomic mass is 10.00. The molecule has 1 aromatic carbocycles. The van der Waals surface area contributed by atoms with Crippen molar-refractivity contribution in [3.63, 3.8) is 0 Å². The van der Waals surface area contributed by atoms with Crippen LogP contribution < -0.4 is 11.1 Å². The van der Waals surface area contributed by atoms with Gasteiger partial charge in [-0.15, -0.1) is 0 Å². The molecule has 4 N–H and O–H groups in total. The van der Waals surface area contributed by atoms with E-state index in [0.717, 1.165) is 17.8 Å². The summed E-state index contributed by atoms with van der Waals surface area (Å²) in [5, 5.41) is 12.5. The van der Waals surface area contributed by atoms with Gasteiger partial charge >= 0.3 is 0 Å². The van der Waals surface area contributed by atoms with Gasteiger partial charge in [-0.3, -0.25) is 0 Å². The van der Waals surface area contributed by atoms with Crippen molar-refractivity contribution < 1.29 is 5.11 Å². The highest BCUT2D eigenvalue weighted by atomic mass is 16.3. The molecule has 0 fully saturated rings. The van der Waals surface area contributed by atoms with Crippen LogP contribution in [-0.2, 0) is 0 Å². The normalized spacial score (nSPS) is 14.8. The van der Waals surface area contributed by atoms with Crippen molar-refractivity contribution in [3.05, 3.63) is 24.3 Å². The SMILES string of the molecule is CCC(C)(CO)Nc1ccc(N)cc1. The van der Waals surface area contributed by atoms with Crippen molar-refractivity contribution in [2.45, 2.75) is 25.8 Å². The number of hydrogen-bond acceptors (Lipinski definition) is 3. The molecule has 0 heterocycles. The smallest absolute Gasteiger partial charge is 0.0658 e. The Morgan fingerprint density at radius 1 is 1.36 bits per heavy atom. The van der Waals surface area contributed by atoms with Crippen molar-refractivity contribution in [2.24, 2.45) is 0 Å². The highest BCUT2D eigenvalue weighted by Gasteiger charge is 2.19. The van der Waals surface area contributed by atoms with E-state index in [1.807, 2.05) is 38.1 Å². The van der Waals surface area contributed by atoms with E-state index in [1.54, 1.807) is 0 Å². The van der Waals surface area contributed by atoms with Crippen molar-refractivity contribution in [3.8, 4) is 0 Å². The minimum atomic E-state index is -0.254. The lowest BCUT2D eigenvalue weighted by Gasteiger charge is -2.28. The predicted molar refractivity (Wildman–Crippen MR) is 60.3 cm³/mol. The maximum absolute atomic E-state index is 9.21. The van der Waals surface area contributed by atoms with Crippen LogP contribution in [-0.4, -0.2) is 17.3 Å². The van der Waals surface area contributed by atoms with Crippen molar-refractivity contribution in [2.75, 3.05) is 17.7 Å². The molecule has 3 heteroatoms. The molecule has 0 radical (unpaired) electrons. The number of aliphatic hydroxyl groups excluding tert-OH is 1. The van der Waals surface area contributed by atoms with Crippen LogP contribution in [0.15, 0.2) is 24.3 Å². The second-order valence-corrected chi connectivity index (χ2v) is 3.82. The number of nitrogen functional groups attached to an aromatic ring is 1. The molecule has 0 amide bonds. The van der Waals surface area contributed by atoms with E-state index in [2.05, 4.69) is 5.32 Å². The van der Waals surface area contributed by atoms with Gasteiger partial charge in [0.1, 0.15) is 0 Å². The van der Waals surface area contributed by atoms with Crippen LogP contribution in [0.3, 0.4) is 0 Å². The van der Waals surface area contributed by atoms with Crippen LogP contribution in [0.5, 0.6) is 0 Å². The Kier molecular flexibility index (Phi) is 3.36. The summed E-state index contributed by atoms with van der Waals surface area (Å²) in [5.41, 5.74) is 7.06. The van der Waals surface area contributed by atoms with Crippen LogP contribution >= 0.6 is 0 Å². The topological polar surface area (TPSA) is 58.3 Å². The number of hydrogen-bond donors (Lipinski definition) is 3. The first-order valence-corrected chi connectivity index (χ1v) is 4.84. The Balaban J connectivity index is 2.72. The zero-order valence-electron chi connectivity index (χ0n) is 8.75. The minimum absolute atomic E-state index is 0.119. The molecule has 1 atom stereocenters. The Morgan fingerprint density at radius 3 is 2.36 bits per heavy atom. The maximum Gasteiger partial charge on any atom is 0.0658 e. The first-order chi connectivity index (χ1) is 6.59. The third-order valence-corrected chi connectivity index (χ3v) is 2.49. The molecule has 0 saturated carbocycles. The van der Waals surface area contributed by atoms with E-state index in [-0.39, 0.29) is 12.1 Å². The molecule has 1 rings (SSSR count). The fourth-order valence-electron chi connectivity index (χ4n) is 1.15. The molecule has 1 aromatic rings. The molecule has 0 bridgehead atoms. The van der Waals surface area contributed by atoms with Gasteiger partial charge in [0.05, 0.1) is 12.1 Å². The Morgan fingerprint density at radius 2 is 1.93 bits per heavy atom. The molecule has 14 heavy (non-hydrogen) atoms. The van der Waals surface area contributed by atoms with Gasteiger partial charge in [-0.05, 0) is 37.6 Å². The molecular weight excluding hydrogens is 176 g/mol. The number of rotatable bonds is 4. The highest BCUT2D eigenvalue weighted by molar-refractivity contribution is 5.52. The monoisotopic (exact) mass is 194 g/mol. The van der Waals surface area contributed by atoms with Crippen LogP contribution in [0.1, 0.15) is 20.3 Å². The maximum atomic E-state index is 9.21. The van der Waals surface area contributed by atoms with Crippen molar-refractivity contribution >= 4 is 11.4 Å². The molecule has 0 spiro atoms. The molecule has 0 aromatic heterocycles. The number of benzene rings is 1. The average molecular weight is 194 g/mol. The summed E-state index contributed by atoms with van der Waals surface area (Å²) >= 11 is 0. The van der Waals surface area contributed by atoms with E-state index < -0.39 is 0 Å². The minimum Gasteiger partial charge on any atom is -0.399 e. The van der Waals surface area contributed by atoms with Gasteiger partial charge in [0.15, 0.2) is 0 Å². The predicted octanol–water partition coefficient (Wildman–Crippen LogP) is 1.84. The lowest BCUT2D eigenvalue weighted by Crippen LogP contribution is -2.37. The largest absolute Gasteiger partial charge is 0.399 e. The molecule has 0 aliphatic rings. The molecule has 0 aliphatic carbocycles. The van der Waals surface area contributed by atoms with Gasteiger partial charge in [-0.2, -0.15) is 0 Å². The Hall–Kier alpha value is -1.22. The highest BCUT2D eigenvalue weighted by Crippen LogP contribution is 2.18. The van der Waals surface area contributed by atoms with E-state index in [1.165, 1.54) is 0 Å². The van der Waals surface area contributed by atoms with Crippen molar-refractivity contribution in [1.29, 1.82) is 0 Å². The summed E-state index contributed by atoms with van der Waals surface area (Å²) in [6.07, 6.45) is 0.869. The van der Waals surface area contributed by atoms with E-state index in [4.69, 9.17) is 5.73 Å². The summed E-state index contributed by atoms with van der Waals surface area (Å²) in [6, 6.07) is 7.52. The number of aliphatic hydroxyl groups is 1. The van der Waals surface area contributed by atoms with Gasteiger partial charge < -0.3 is 16.2 Å². The summed E-state index contributed by atoms with van der Waals surface area (Å²) in [6.45, 7) is 4.15. The third kappa shape index (κ3) is 2.64. The number of nitrogens with two attached hydrogens (primary N) is 1. The van der Waals surface area contributed by atoms with Gasteiger partial charge in [-0.1, -0.05) is 6.92 Å². The van der Waals surface area contributed by atoms with Gasteiger partial charge in [-0.25, -0.2) is 0 Å². The number of nitrogens with one attached hydrogen (secondary N) is 1. The van der Waals surface area contributed by atoms with E-state index in [9.17, 15) is 5.11 Å². The van der Waals surface area contributed by atoms with Crippen LogP contribution in [0.25, 0.3) is 0 Å². The van der Waals surface area contributed by atoms with Gasteiger partial charge in [0.25, 0.3) is 0 Å². The second-order valence-electron chi connectivity index (χ2n) is 3.82. The van der Waals surface area contributed by atoms with Crippen LogP contribution in [0, 0.1) is 0 Å². The first kappa shape index (κ1) is 10.9. The fraction of sp³-hybridized carbons (Fsp3) is 0.455. The summed E-state index contributed by atoms with van der Waals surface area (Å²) in [7, 11) is 0. The second kappa shape index (κ2) is 4.33. The van der Waals surface area contributed by atoms with E-state index in [0.29, 0.717) is 0 Å². The molecule has 3 nitrogen and oxygen atoms in total. The standard InChI is InChI=1S/C11H18N2O/c1-3-11(2,8-14)13-10-6-4-9(12)5-7-10/h4-7,13-14H,3,8,12H2,1-2H3. The first-order valence-electron chi connectivity index (χ1n) is 4.84. The van der Waals surface area contributed by atoms with E-state index >= 15 is 0 Å².